The first kappa shape index (κ1) is 9.59. The van der Waals surface area contributed by atoms with Gasteiger partial charge in [-0.2, -0.15) is 0 Å². The van der Waals surface area contributed by atoms with Crippen LogP contribution in [0.5, 0.6) is 0 Å². The lowest BCUT2D eigenvalue weighted by molar-refractivity contribution is 0.834. The summed E-state index contributed by atoms with van der Waals surface area (Å²) in [7, 11) is 0. The Morgan fingerprint density at radius 3 is 2.86 bits per heavy atom. The van der Waals surface area contributed by atoms with Gasteiger partial charge in [-0.15, -0.1) is 11.8 Å². The molecule has 2 nitrogen and oxygen atoms in total. The van der Waals surface area contributed by atoms with Gasteiger partial charge in [0, 0.05) is 17.3 Å². The van der Waals surface area contributed by atoms with Crippen LogP contribution in [0.25, 0.3) is 5.65 Å². The van der Waals surface area contributed by atoms with Gasteiger partial charge in [0.25, 0.3) is 0 Å². The Morgan fingerprint density at radius 2 is 2.21 bits per heavy atom. The molecule has 0 aliphatic rings. The fraction of sp³-hybridized carbons (Fsp3) is 0.364. The highest BCUT2D eigenvalue weighted by Gasteiger charge is 2.05. The third-order valence-corrected chi connectivity index (χ3v) is 3.00. The Hall–Kier alpha value is -0.960. The molecule has 0 aliphatic heterocycles. The van der Waals surface area contributed by atoms with Crippen molar-refractivity contribution in [1.82, 2.24) is 9.38 Å². The van der Waals surface area contributed by atoms with Crippen molar-refractivity contribution in [3.63, 3.8) is 0 Å². The SMILES string of the molecule is CSc1ccn2cc(C(C)C)nc2c1. The molecule has 0 radical (unpaired) electrons. The molecule has 2 aromatic heterocycles. The Labute approximate surface area is 88.4 Å². The summed E-state index contributed by atoms with van der Waals surface area (Å²) in [5.74, 6) is 0.493. The van der Waals surface area contributed by atoms with E-state index in [2.05, 4.69) is 54.0 Å². The maximum absolute atomic E-state index is 4.57. The molecule has 74 valence electrons. The molecule has 0 saturated carbocycles. The molecule has 3 heteroatoms. The zero-order chi connectivity index (χ0) is 10.1. The number of nitrogens with zero attached hydrogens (tertiary/aromatic N) is 2. The van der Waals surface area contributed by atoms with Crippen molar-refractivity contribution in [3.05, 3.63) is 30.2 Å². The number of thioether (sulfide) groups is 1. The highest BCUT2D eigenvalue weighted by atomic mass is 32.2. The Bertz CT molecular complexity index is 445. The second-order valence-electron chi connectivity index (χ2n) is 3.65. The molecule has 0 spiro atoms. The van der Waals surface area contributed by atoms with Gasteiger partial charge < -0.3 is 4.40 Å². The maximum Gasteiger partial charge on any atom is 0.138 e. The highest BCUT2D eigenvalue weighted by molar-refractivity contribution is 7.98. The predicted octanol–water partition coefficient (Wildman–Crippen LogP) is 3.18. The minimum atomic E-state index is 0.493. The summed E-state index contributed by atoms with van der Waals surface area (Å²) in [6, 6.07) is 4.24. The molecular weight excluding hydrogens is 192 g/mol. The summed E-state index contributed by atoms with van der Waals surface area (Å²) in [6.07, 6.45) is 6.25. The maximum atomic E-state index is 4.57. The first-order valence-electron chi connectivity index (χ1n) is 4.73. The largest absolute Gasteiger partial charge is 0.307 e. The van der Waals surface area contributed by atoms with Gasteiger partial charge in [-0.05, 0) is 24.3 Å². The van der Waals surface area contributed by atoms with Gasteiger partial charge in [0.05, 0.1) is 5.69 Å². The fourth-order valence-corrected chi connectivity index (χ4v) is 1.81. The lowest BCUT2D eigenvalue weighted by Crippen LogP contribution is -1.84. The Morgan fingerprint density at radius 1 is 1.43 bits per heavy atom. The summed E-state index contributed by atoms with van der Waals surface area (Å²) in [5.41, 5.74) is 2.20. The van der Waals surface area contributed by atoms with Crippen molar-refractivity contribution in [2.45, 2.75) is 24.7 Å². The average molecular weight is 206 g/mol. The molecule has 0 unspecified atom stereocenters. The summed E-state index contributed by atoms with van der Waals surface area (Å²) < 4.78 is 2.08. The third kappa shape index (κ3) is 1.64. The number of imidazole rings is 1. The topological polar surface area (TPSA) is 17.3 Å². The number of hydrogen-bond acceptors (Lipinski definition) is 2. The van der Waals surface area contributed by atoms with Gasteiger partial charge in [0.1, 0.15) is 5.65 Å². The van der Waals surface area contributed by atoms with Gasteiger partial charge >= 0.3 is 0 Å². The lowest BCUT2D eigenvalue weighted by Gasteiger charge is -1.95. The molecule has 2 aromatic rings. The number of rotatable bonds is 2. The van der Waals surface area contributed by atoms with Crippen molar-refractivity contribution < 1.29 is 0 Å². The van der Waals surface area contributed by atoms with E-state index in [4.69, 9.17) is 0 Å². The van der Waals surface area contributed by atoms with Crippen molar-refractivity contribution in [3.8, 4) is 0 Å². The third-order valence-electron chi connectivity index (χ3n) is 2.28. The van der Waals surface area contributed by atoms with Crippen LogP contribution in [-0.4, -0.2) is 15.6 Å². The number of aromatic nitrogens is 2. The molecule has 0 saturated heterocycles. The van der Waals surface area contributed by atoms with Crippen LogP contribution in [0, 0.1) is 0 Å². The van der Waals surface area contributed by atoms with Crippen LogP contribution in [0.3, 0.4) is 0 Å². The second-order valence-corrected chi connectivity index (χ2v) is 4.53. The normalized spacial score (nSPS) is 11.4. The first-order valence-corrected chi connectivity index (χ1v) is 5.96. The summed E-state index contributed by atoms with van der Waals surface area (Å²) in [4.78, 5) is 5.83. The van der Waals surface area contributed by atoms with Crippen molar-refractivity contribution >= 4 is 17.4 Å². The quantitative estimate of drug-likeness (QED) is 0.702. The van der Waals surface area contributed by atoms with Crippen molar-refractivity contribution in [1.29, 1.82) is 0 Å². The monoisotopic (exact) mass is 206 g/mol. The molecule has 0 atom stereocenters. The van der Waals surface area contributed by atoms with Gasteiger partial charge in [0.2, 0.25) is 0 Å². The van der Waals surface area contributed by atoms with E-state index in [0.717, 1.165) is 11.3 Å². The van der Waals surface area contributed by atoms with Gasteiger partial charge in [-0.3, -0.25) is 0 Å². The minimum absolute atomic E-state index is 0.493. The van der Waals surface area contributed by atoms with Crippen molar-refractivity contribution in [2.75, 3.05) is 6.26 Å². The predicted molar refractivity (Wildman–Crippen MR) is 61.1 cm³/mol. The molecule has 0 amide bonds. The van der Waals surface area contributed by atoms with Crippen LogP contribution >= 0.6 is 11.8 Å². The van der Waals surface area contributed by atoms with E-state index in [1.54, 1.807) is 11.8 Å². The molecule has 0 aliphatic carbocycles. The van der Waals surface area contributed by atoms with E-state index in [0.29, 0.717) is 5.92 Å². The van der Waals surface area contributed by atoms with E-state index in [-0.39, 0.29) is 0 Å². The molecule has 2 heterocycles. The number of pyridine rings is 1. The van der Waals surface area contributed by atoms with E-state index < -0.39 is 0 Å². The number of fused-ring (bicyclic) bond motifs is 1. The smallest absolute Gasteiger partial charge is 0.138 e. The van der Waals surface area contributed by atoms with Crippen LogP contribution in [0.2, 0.25) is 0 Å². The second kappa shape index (κ2) is 3.65. The average Bonchev–Trinajstić information content (AvgIpc) is 2.59. The molecular formula is C11H14N2S. The fourth-order valence-electron chi connectivity index (χ4n) is 1.39. The van der Waals surface area contributed by atoms with E-state index >= 15 is 0 Å². The molecule has 0 fully saturated rings. The Balaban J connectivity index is 2.54. The minimum Gasteiger partial charge on any atom is -0.307 e. The van der Waals surface area contributed by atoms with Gasteiger partial charge in [0.15, 0.2) is 0 Å². The van der Waals surface area contributed by atoms with Crippen molar-refractivity contribution in [2.24, 2.45) is 0 Å². The van der Waals surface area contributed by atoms with Crippen LogP contribution in [0.4, 0.5) is 0 Å². The molecule has 0 N–H and O–H groups in total. The summed E-state index contributed by atoms with van der Waals surface area (Å²) >= 11 is 1.75. The molecule has 0 aromatic carbocycles. The van der Waals surface area contributed by atoms with E-state index in [9.17, 15) is 0 Å². The summed E-state index contributed by atoms with van der Waals surface area (Å²) in [6.45, 7) is 4.33. The highest BCUT2D eigenvalue weighted by Crippen LogP contribution is 2.19. The zero-order valence-electron chi connectivity index (χ0n) is 8.69. The van der Waals surface area contributed by atoms with Crippen LogP contribution in [-0.2, 0) is 0 Å². The zero-order valence-corrected chi connectivity index (χ0v) is 9.51. The van der Waals surface area contributed by atoms with Gasteiger partial charge in [-0.25, -0.2) is 4.98 Å². The molecule has 14 heavy (non-hydrogen) atoms. The Kier molecular flexibility index (Phi) is 2.50. The van der Waals surface area contributed by atoms with Gasteiger partial charge in [-0.1, -0.05) is 13.8 Å². The van der Waals surface area contributed by atoms with E-state index in [1.165, 1.54) is 4.90 Å². The van der Waals surface area contributed by atoms with Crippen LogP contribution in [0.15, 0.2) is 29.4 Å². The van der Waals surface area contributed by atoms with Crippen LogP contribution < -0.4 is 0 Å². The standard InChI is InChI=1S/C11H14N2S/c1-8(2)10-7-13-5-4-9(14-3)6-11(13)12-10/h4-8H,1-3H3. The van der Waals surface area contributed by atoms with E-state index in [1.807, 2.05) is 0 Å². The molecule has 2 rings (SSSR count). The first-order chi connectivity index (χ1) is 6.70. The lowest BCUT2D eigenvalue weighted by atomic mass is 10.2. The van der Waals surface area contributed by atoms with Crippen LogP contribution in [0.1, 0.15) is 25.5 Å². The summed E-state index contributed by atoms with van der Waals surface area (Å²) in [5, 5.41) is 0. The molecule has 0 bridgehead atoms. The number of hydrogen-bond donors (Lipinski definition) is 0.